The quantitative estimate of drug-likeness (QED) is 0.412. The number of amides is 3. The molecule has 0 bridgehead atoms. The Labute approximate surface area is 225 Å². The van der Waals surface area contributed by atoms with E-state index in [9.17, 15) is 14.4 Å². The lowest BCUT2D eigenvalue weighted by Crippen LogP contribution is -2.58. The van der Waals surface area contributed by atoms with Crippen LogP contribution in [0.4, 0.5) is 10.5 Å². The summed E-state index contributed by atoms with van der Waals surface area (Å²) in [6, 6.07) is 12.4. The number of aryl methyl sites for hydroxylation is 1. The van der Waals surface area contributed by atoms with Gasteiger partial charge in [0, 0.05) is 17.0 Å². The van der Waals surface area contributed by atoms with Crippen molar-refractivity contribution in [2.24, 2.45) is 0 Å². The number of alkyl carbamates (subject to hydrolysis) is 1. The van der Waals surface area contributed by atoms with Crippen molar-refractivity contribution in [1.82, 2.24) is 10.2 Å². The van der Waals surface area contributed by atoms with Crippen molar-refractivity contribution in [3.8, 4) is 5.75 Å². The van der Waals surface area contributed by atoms with Crippen LogP contribution in [-0.4, -0.2) is 52.9 Å². The second kappa shape index (κ2) is 12.4. The monoisotopic (exact) mass is 529 g/mol. The number of nitrogens with zero attached hydrogens (tertiary/aromatic N) is 1. The zero-order chi connectivity index (χ0) is 28.0. The molecule has 2 unspecified atom stereocenters. The van der Waals surface area contributed by atoms with Crippen LogP contribution in [-0.2, 0) is 14.3 Å². The maximum Gasteiger partial charge on any atom is 0.408 e. The lowest BCUT2D eigenvalue weighted by molar-refractivity contribution is -0.146. The summed E-state index contributed by atoms with van der Waals surface area (Å²) in [4.78, 5) is 41.7. The van der Waals surface area contributed by atoms with E-state index in [1.165, 1.54) is 4.90 Å². The van der Waals surface area contributed by atoms with Gasteiger partial charge in [-0.15, -0.1) is 0 Å². The van der Waals surface area contributed by atoms with Gasteiger partial charge in [-0.1, -0.05) is 29.8 Å². The van der Waals surface area contributed by atoms with Gasteiger partial charge in [0.2, 0.25) is 5.91 Å². The van der Waals surface area contributed by atoms with Gasteiger partial charge >= 0.3 is 6.09 Å². The van der Waals surface area contributed by atoms with Gasteiger partial charge in [0.25, 0.3) is 5.91 Å². The number of rotatable bonds is 8. The Kier molecular flexibility index (Phi) is 10.0. The summed E-state index contributed by atoms with van der Waals surface area (Å²) in [5.74, 6) is -0.175. The number of carbonyl (C=O) groups is 3. The van der Waals surface area contributed by atoms with E-state index in [1.54, 1.807) is 52.1 Å². The highest BCUT2D eigenvalue weighted by atomic mass is 32.1. The summed E-state index contributed by atoms with van der Waals surface area (Å²) in [7, 11) is 1.57. The van der Waals surface area contributed by atoms with Gasteiger partial charge in [-0.05, 0) is 78.3 Å². The number of thiol groups is 1. The van der Waals surface area contributed by atoms with E-state index in [2.05, 4.69) is 23.3 Å². The second-order valence-electron chi connectivity index (χ2n) is 10.8. The first kappa shape index (κ1) is 30.0. The number of ether oxygens (including phenoxy) is 2. The highest BCUT2D eigenvalue weighted by Gasteiger charge is 2.41. The molecule has 2 N–H and O–H groups in total. The third kappa shape index (κ3) is 8.70. The van der Waals surface area contributed by atoms with Crippen molar-refractivity contribution in [3.05, 3.63) is 59.7 Å². The Hall–Kier alpha value is -3.20. The Morgan fingerprint density at radius 1 is 0.946 bits per heavy atom. The number of methoxy groups -OCH3 is 1. The fourth-order valence-electron chi connectivity index (χ4n) is 3.70. The molecule has 2 aromatic rings. The van der Waals surface area contributed by atoms with Crippen LogP contribution < -0.4 is 15.4 Å². The van der Waals surface area contributed by atoms with E-state index in [0.717, 1.165) is 5.56 Å². The standard InChI is InChI=1S/C28H39N3O5S/c1-18-9-11-19(12-10-18)23(24(32)29-20-13-15-21(35-8)16-14-20)31(27(2,3)4)25(33)22(17-37)30-26(34)36-28(5,6)7/h9-16,22-23,37H,17H2,1-8H3,(H,29,32)(H,30,34). The molecule has 0 aliphatic heterocycles. The predicted octanol–water partition coefficient (Wildman–Crippen LogP) is 5.13. The summed E-state index contributed by atoms with van der Waals surface area (Å²) in [5.41, 5.74) is 0.685. The van der Waals surface area contributed by atoms with Gasteiger partial charge in [0.05, 0.1) is 7.11 Å². The number of hydrogen-bond acceptors (Lipinski definition) is 6. The van der Waals surface area contributed by atoms with E-state index in [0.29, 0.717) is 17.0 Å². The fourth-order valence-corrected chi connectivity index (χ4v) is 3.95. The van der Waals surface area contributed by atoms with E-state index in [1.807, 2.05) is 52.0 Å². The molecule has 2 aromatic carbocycles. The zero-order valence-corrected chi connectivity index (χ0v) is 23.8. The molecular weight excluding hydrogens is 490 g/mol. The number of carbonyl (C=O) groups excluding carboxylic acids is 3. The summed E-state index contributed by atoms with van der Waals surface area (Å²) >= 11 is 4.32. The van der Waals surface area contributed by atoms with Crippen LogP contribution in [0.3, 0.4) is 0 Å². The topological polar surface area (TPSA) is 97.0 Å². The molecule has 202 valence electrons. The highest BCUT2D eigenvalue weighted by molar-refractivity contribution is 7.80. The summed E-state index contributed by atoms with van der Waals surface area (Å²) < 4.78 is 10.5. The molecule has 0 spiro atoms. The van der Waals surface area contributed by atoms with Gasteiger partial charge in [0.15, 0.2) is 0 Å². The molecule has 0 heterocycles. The number of benzene rings is 2. The minimum Gasteiger partial charge on any atom is -0.497 e. The maximum atomic E-state index is 14.0. The molecule has 37 heavy (non-hydrogen) atoms. The Balaban J connectivity index is 2.49. The fraction of sp³-hybridized carbons (Fsp3) is 0.464. The molecule has 2 rings (SSSR count). The lowest BCUT2D eigenvalue weighted by Gasteiger charge is -2.43. The van der Waals surface area contributed by atoms with E-state index in [4.69, 9.17) is 9.47 Å². The molecule has 9 heteroatoms. The first-order valence-corrected chi connectivity index (χ1v) is 12.7. The molecule has 0 fully saturated rings. The van der Waals surface area contributed by atoms with Gasteiger partial charge in [0.1, 0.15) is 23.4 Å². The van der Waals surface area contributed by atoms with Crippen LogP contribution in [0.2, 0.25) is 0 Å². The van der Waals surface area contributed by atoms with Crippen molar-refractivity contribution < 1.29 is 23.9 Å². The molecule has 0 saturated heterocycles. The summed E-state index contributed by atoms with van der Waals surface area (Å²) in [6.07, 6.45) is -0.733. The summed E-state index contributed by atoms with van der Waals surface area (Å²) in [5, 5.41) is 5.54. The Morgan fingerprint density at radius 2 is 1.51 bits per heavy atom. The first-order chi connectivity index (χ1) is 17.2. The van der Waals surface area contributed by atoms with Crippen LogP contribution in [0, 0.1) is 6.92 Å². The van der Waals surface area contributed by atoms with Crippen LogP contribution in [0.5, 0.6) is 5.75 Å². The Morgan fingerprint density at radius 3 is 1.97 bits per heavy atom. The van der Waals surface area contributed by atoms with E-state index in [-0.39, 0.29) is 5.75 Å². The minimum atomic E-state index is -1.01. The smallest absolute Gasteiger partial charge is 0.408 e. The van der Waals surface area contributed by atoms with Crippen LogP contribution >= 0.6 is 12.6 Å². The minimum absolute atomic E-state index is 0.0192. The van der Waals surface area contributed by atoms with Gasteiger partial charge in [-0.2, -0.15) is 12.6 Å². The van der Waals surface area contributed by atoms with Gasteiger partial charge in [-0.25, -0.2) is 4.79 Å². The molecule has 2 atom stereocenters. The molecule has 3 amide bonds. The SMILES string of the molecule is COc1ccc(NC(=O)C(c2ccc(C)cc2)N(C(=O)C(CS)NC(=O)OC(C)(C)C)C(C)(C)C)cc1. The van der Waals surface area contributed by atoms with Crippen molar-refractivity contribution in [2.75, 3.05) is 18.2 Å². The second-order valence-corrected chi connectivity index (χ2v) is 11.2. The van der Waals surface area contributed by atoms with Crippen molar-refractivity contribution >= 4 is 36.2 Å². The van der Waals surface area contributed by atoms with Crippen LogP contribution in [0.1, 0.15) is 58.7 Å². The van der Waals surface area contributed by atoms with Gasteiger partial charge < -0.3 is 25.0 Å². The molecule has 0 saturated carbocycles. The molecule has 0 aliphatic carbocycles. The van der Waals surface area contributed by atoms with Crippen LogP contribution in [0.25, 0.3) is 0 Å². The number of anilines is 1. The lowest BCUT2D eigenvalue weighted by atomic mass is 9.95. The first-order valence-electron chi connectivity index (χ1n) is 12.1. The largest absolute Gasteiger partial charge is 0.497 e. The average Bonchev–Trinajstić information content (AvgIpc) is 2.79. The predicted molar refractivity (Wildman–Crippen MR) is 149 cm³/mol. The maximum absolute atomic E-state index is 14.0. The third-order valence-corrected chi connectivity index (χ3v) is 5.75. The van der Waals surface area contributed by atoms with Crippen molar-refractivity contribution in [3.63, 3.8) is 0 Å². The normalized spacial score (nSPS) is 13.2. The van der Waals surface area contributed by atoms with E-state index < -0.39 is 41.1 Å². The summed E-state index contributed by atoms with van der Waals surface area (Å²) in [6.45, 7) is 12.7. The number of nitrogens with one attached hydrogen (secondary N) is 2. The molecule has 8 nitrogen and oxygen atoms in total. The number of hydrogen-bond donors (Lipinski definition) is 3. The third-order valence-electron chi connectivity index (χ3n) is 5.39. The Bertz CT molecular complexity index is 1070. The van der Waals surface area contributed by atoms with Crippen LogP contribution in [0.15, 0.2) is 48.5 Å². The molecule has 0 aliphatic rings. The van der Waals surface area contributed by atoms with Gasteiger partial charge in [-0.3, -0.25) is 9.59 Å². The van der Waals surface area contributed by atoms with E-state index >= 15 is 0 Å². The molecular formula is C28H39N3O5S. The van der Waals surface area contributed by atoms with Crippen molar-refractivity contribution in [2.45, 2.75) is 71.7 Å². The zero-order valence-electron chi connectivity index (χ0n) is 22.9. The van der Waals surface area contributed by atoms with Crippen molar-refractivity contribution in [1.29, 1.82) is 0 Å². The molecule has 0 radical (unpaired) electrons. The average molecular weight is 530 g/mol. The highest BCUT2D eigenvalue weighted by Crippen LogP contribution is 2.31. The molecule has 0 aromatic heterocycles.